The van der Waals surface area contributed by atoms with Gasteiger partial charge in [-0.05, 0) is 74.4 Å². The fourth-order valence-corrected chi connectivity index (χ4v) is 5.76. The highest BCUT2D eigenvalue weighted by Crippen LogP contribution is 2.38. The Kier molecular flexibility index (Phi) is 8.92. The minimum Gasteiger partial charge on any atom is -0.473 e. The van der Waals surface area contributed by atoms with Crippen molar-refractivity contribution in [3.8, 4) is 23.0 Å². The molecule has 9 heteroatoms. The van der Waals surface area contributed by atoms with E-state index in [9.17, 15) is 4.79 Å². The highest BCUT2D eigenvalue weighted by atomic mass is 19.1. The van der Waals surface area contributed by atoms with Crippen LogP contribution in [0.5, 0.6) is 11.8 Å². The van der Waals surface area contributed by atoms with Gasteiger partial charge in [-0.25, -0.2) is 9.18 Å². The first-order valence-electron chi connectivity index (χ1n) is 15.6. The summed E-state index contributed by atoms with van der Waals surface area (Å²) < 4.78 is 35.4. The Hall–Kier alpha value is -4.92. The molecular weight excluding hydrogens is 583 g/mol. The van der Waals surface area contributed by atoms with Crippen molar-refractivity contribution >= 4 is 17.0 Å². The summed E-state index contributed by atoms with van der Waals surface area (Å²) in [5.74, 6) is 0.462. The molecule has 0 spiro atoms. The molecule has 0 radical (unpaired) electrons. The molecule has 2 aromatic heterocycles. The number of fused-ring (bicyclic) bond motifs is 1. The Morgan fingerprint density at radius 1 is 0.891 bits per heavy atom. The summed E-state index contributed by atoms with van der Waals surface area (Å²) in [6.45, 7) is 7.25. The smallest absolute Gasteiger partial charge is 0.410 e. The van der Waals surface area contributed by atoms with Gasteiger partial charge in [0.25, 0.3) is 0 Å². The van der Waals surface area contributed by atoms with E-state index in [0.29, 0.717) is 73.1 Å². The van der Waals surface area contributed by atoms with Crippen LogP contribution in [-0.4, -0.2) is 44.4 Å². The molecular formula is C37H39FN4O4. The number of rotatable bonds is 8. The summed E-state index contributed by atoms with van der Waals surface area (Å²) in [7, 11) is 1.86. The summed E-state index contributed by atoms with van der Waals surface area (Å²) in [6, 6.07) is 26.8. The minimum atomic E-state index is -0.556. The summed E-state index contributed by atoms with van der Waals surface area (Å²) in [6.07, 6.45) is 0.977. The van der Waals surface area contributed by atoms with Gasteiger partial charge in [0.2, 0.25) is 11.8 Å². The third-order valence-corrected chi connectivity index (χ3v) is 8.09. The molecule has 0 aliphatic carbocycles. The standard InChI is InChI=1S/C37H39FN4O4/c1-37(2,3)46-36(43)42-19-17-27(18-20-42)29-22-32-30(21-31(29)38)34(40-41(32)4)28-15-16-33(44-23-25-11-7-5-8-12-25)39-35(28)45-24-26-13-9-6-10-14-26/h5-16,21-22,27H,17-20,23-24H2,1-4H3. The van der Waals surface area contributed by atoms with E-state index < -0.39 is 5.60 Å². The van der Waals surface area contributed by atoms with Gasteiger partial charge in [0, 0.05) is 31.6 Å². The monoisotopic (exact) mass is 622 g/mol. The second-order valence-corrected chi connectivity index (χ2v) is 12.7. The molecule has 46 heavy (non-hydrogen) atoms. The molecule has 1 fully saturated rings. The highest BCUT2D eigenvalue weighted by Gasteiger charge is 2.29. The van der Waals surface area contributed by atoms with Crippen molar-refractivity contribution in [3.05, 3.63) is 107 Å². The van der Waals surface area contributed by atoms with Gasteiger partial charge in [-0.3, -0.25) is 4.68 Å². The van der Waals surface area contributed by atoms with Crippen molar-refractivity contribution < 1.29 is 23.4 Å². The maximum Gasteiger partial charge on any atom is 0.410 e. The lowest BCUT2D eigenvalue weighted by Gasteiger charge is -2.33. The summed E-state index contributed by atoms with van der Waals surface area (Å²) in [5.41, 5.74) is 4.12. The van der Waals surface area contributed by atoms with Crippen molar-refractivity contribution in [2.24, 2.45) is 7.05 Å². The van der Waals surface area contributed by atoms with Crippen molar-refractivity contribution in [3.63, 3.8) is 0 Å². The van der Waals surface area contributed by atoms with Gasteiger partial charge in [0.1, 0.15) is 30.3 Å². The molecule has 0 saturated carbocycles. The number of amides is 1. The topological polar surface area (TPSA) is 78.7 Å². The van der Waals surface area contributed by atoms with Gasteiger partial charge in [0.05, 0.1) is 11.1 Å². The number of halogens is 1. The number of pyridine rings is 1. The van der Waals surface area contributed by atoms with Crippen molar-refractivity contribution in [1.82, 2.24) is 19.7 Å². The Morgan fingerprint density at radius 3 is 2.15 bits per heavy atom. The van der Waals surface area contributed by atoms with E-state index >= 15 is 4.39 Å². The molecule has 238 valence electrons. The van der Waals surface area contributed by atoms with Crippen LogP contribution < -0.4 is 9.47 Å². The SMILES string of the molecule is Cn1nc(-c2ccc(OCc3ccccc3)nc2OCc2ccccc2)c2cc(F)c(C3CCN(C(=O)OC(C)(C)C)CC3)cc21. The molecule has 1 aliphatic rings. The maximum atomic E-state index is 15.9. The van der Waals surface area contributed by atoms with Crippen molar-refractivity contribution in [2.45, 2.75) is 58.3 Å². The zero-order valence-electron chi connectivity index (χ0n) is 26.7. The first-order valence-corrected chi connectivity index (χ1v) is 15.6. The zero-order valence-corrected chi connectivity index (χ0v) is 26.7. The lowest BCUT2D eigenvalue weighted by atomic mass is 9.88. The third-order valence-electron chi connectivity index (χ3n) is 8.09. The largest absolute Gasteiger partial charge is 0.473 e. The summed E-state index contributed by atoms with van der Waals surface area (Å²) >= 11 is 0. The van der Waals surface area contributed by atoms with Gasteiger partial charge in [-0.15, -0.1) is 0 Å². The van der Waals surface area contributed by atoms with Crippen LogP contribution in [0.15, 0.2) is 84.9 Å². The number of aromatic nitrogens is 3. The summed E-state index contributed by atoms with van der Waals surface area (Å²) in [5, 5.41) is 5.48. The lowest BCUT2D eigenvalue weighted by molar-refractivity contribution is 0.0204. The number of hydrogen-bond donors (Lipinski definition) is 0. The maximum absolute atomic E-state index is 15.9. The average molecular weight is 623 g/mol. The molecule has 1 amide bonds. The quantitative estimate of drug-likeness (QED) is 0.174. The average Bonchev–Trinajstić information content (AvgIpc) is 3.37. The molecule has 6 rings (SSSR count). The fraction of sp³-hybridized carbons (Fsp3) is 0.324. The number of aryl methyl sites for hydroxylation is 1. The number of likely N-dealkylation sites (tertiary alicyclic amines) is 1. The number of benzene rings is 3. The Bertz CT molecular complexity index is 1810. The highest BCUT2D eigenvalue weighted by molar-refractivity contribution is 5.95. The van der Waals surface area contributed by atoms with Gasteiger partial charge in [-0.2, -0.15) is 10.1 Å². The van der Waals surface area contributed by atoms with Crippen molar-refractivity contribution in [1.29, 1.82) is 0 Å². The molecule has 0 bridgehead atoms. The molecule has 1 aliphatic heterocycles. The fourth-order valence-electron chi connectivity index (χ4n) is 5.76. The Morgan fingerprint density at radius 2 is 1.52 bits per heavy atom. The number of carbonyl (C=O) groups excluding carboxylic acids is 1. The Labute approximate surface area is 268 Å². The van der Waals surface area contributed by atoms with Crippen LogP contribution in [0, 0.1) is 5.82 Å². The van der Waals surface area contributed by atoms with Crippen LogP contribution in [0.4, 0.5) is 9.18 Å². The van der Waals surface area contributed by atoms with E-state index in [1.807, 2.05) is 101 Å². The molecule has 3 aromatic carbocycles. The van der Waals surface area contributed by atoms with Crippen LogP contribution in [-0.2, 0) is 25.0 Å². The first kappa shape index (κ1) is 31.1. The van der Waals surface area contributed by atoms with Crippen molar-refractivity contribution in [2.75, 3.05) is 13.1 Å². The molecule has 8 nitrogen and oxygen atoms in total. The summed E-state index contributed by atoms with van der Waals surface area (Å²) in [4.78, 5) is 19.0. The van der Waals surface area contributed by atoms with Gasteiger partial charge >= 0.3 is 6.09 Å². The lowest BCUT2D eigenvalue weighted by Crippen LogP contribution is -2.41. The van der Waals surface area contributed by atoms with Gasteiger partial charge < -0.3 is 19.1 Å². The third kappa shape index (κ3) is 7.14. The predicted molar refractivity (Wildman–Crippen MR) is 175 cm³/mol. The van der Waals surface area contributed by atoms with Crippen LogP contribution >= 0.6 is 0 Å². The number of hydrogen-bond acceptors (Lipinski definition) is 6. The van der Waals surface area contributed by atoms with Gasteiger partial charge in [-0.1, -0.05) is 60.7 Å². The molecule has 0 N–H and O–H groups in total. The predicted octanol–water partition coefficient (Wildman–Crippen LogP) is 8.05. The molecule has 1 saturated heterocycles. The van der Waals surface area contributed by atoms with E-state index in [0.717, 1.165) is 16.6 Å². The molecule has 0 unspecified atom stereocenters. The van der Waals surface area contributed by atoms with Crippen LogP contribution in [0.1, 0.15) is 56.2 Å². The van der Waals surface area contributed by atoms with Crippen LogP contribution in [0.3, 0.4) is 0 Å². The Balaban J connectivity index is 1.27. The molecule has 0 atom stereocenters. The number of nitrogens with zero attached hydrogens (tertiary/aromatic N) is 4. The van der Waals surface area contributed by atoms with E-state index in [1.54, 1.807) is 21.7 Å². The number of carbonyl (C=O) groups is 1. The normalized spacial score (nSPS) is 14.0. The van der Waals surface area contributed by atoms with E-state index in [4.69, 9.17) is 24.3 Å². The van der Waals surface area contributed by atoms with Crippen LogP contribution in [0.25, 0.3) is 22.2 Å². The number of ether oxygens (including phenoxy) is 3. The number of piperidine rings is 1. The molecule has 5 aromatic rings. The zero-order chi connectivity index (χ0) is 32.3. The van der Waals surface area contributed by atoms with Crippen LogP contribution in [0.2, 0.25) is 0 Å². The van der Waals surface area contributed by atoms with E-state index in [-0.39, 0.29) is 17.8 Å². The first-order chi connectivity index (χ1) is 22.1. The van der Waals surface area contributed by atoms with Gasteiger partial charge in [0.15, 0.2) is 0 Å². The minimum absolute atomic E-state index is 0.0195. The van der Waals surface area contributed by atoms with E-state index in [2.05, 4.69) is 0 Å². The second kappa shape index (κ2) is 13.2. The second-order valence-electron chi connectivity index (χ2n) is 12.7. The van der Waals surface area contributed by atoms with E-state index in [1.165, 1.54) is 0 Å². The molecule has 3 heterocycles.